The molecule has 0 amide bonds. The third kappa shape index (κ3) is 58.5. The zero-order valence-corrected chi connectivity index (χ0v) is 22.5. The van der Waals surface area contributed by atoms with E-state index in [9.17, 15) is 0 Å². The normalized spacial score (nSPS) is 10.7. The predicted molar refractivity (Wildman–Crippen MR) is 135 cm³/mol. The van der Waals surface area contributed by atoms with Gasteiger partial charge in [0.1, 0.15) is 0 Å². The Labute approximate surface area is 177 Å². The Morgan fingerprint density at radius 2 is 1.00 bits per heavy atom. The average molecular weight is 393 g/mol. The molecular weight excluding hydrogens is 328 g/mol. The van der Waals surface area contributed by atoms with Gasteiger partial charge >= 0.3 is 0 Å². The fraction of sp³-hybridized carbons (Fsp3) is 1.00. The van der Waals surface area contributed by atoms with Gasteiger partial charge in [0.2, 0.25) is 0 Å². The van der Waals surface area contributed by atoms with Crippen LogP contribution in [0.25, 0.3) is 0 Å². The highest BCUT2D eigenvalue weighted by molar-refractivity contribution is 4.59. The third-order valence-corrected chi connectivity index (χ3v) is 4.12. The molecule has 0 rings (SSSR count). The minimum atomic E-state index is 0.449. The predicted octanol–water partition coefficient (Wildman–Crippen LogP) is 8.83. The Morgan fingerprint density at radius 1 is 0.630 bits per heavy atom. The van der Waals surface area contributed by atoms with Crippen LogP contribution in [0.3, 0.4) is 0 Å². The molecule has 0 saturated heterocycles. The topological polar surface area (TPSA) is 38.0 Å². The maximum absolute atomic E-state index is 5.58. The van der Waals surface area contributed by atoms with Gasteiger partial charge in [-0.1, -0.05) is 116 Å². The molecule has 2 unspecified atom stereocenters. The van der Waals surface area contributed by atoms with Gasteiger partial charge in [-0.25, -0.2) is 0 Å². The zero-order chi connectivity index (χ0) is 23.1. The second kappa shape index (κ2) is 50.1. The Balaban J connectivity index is -0.0000000539. The van der Waals surface area contributed by atoms with Crippen molar-refractivity contribution in [3.05, 3.63) is 0 Å². The average Bonchev–Trinajstić information content (AvgIpc) is 2.76. The van der Waals surface area contributed by atoms with E-state index in [0.717, 1.165) is 18.4 Å². The molecule has 0 bridgehead atoms. The summed E-state index contributed by atoms with van der Waals surface area (Å²) in [6.45, 7) is 27.5. The molecule has 2 nitrogen and oxygen atoms in total. The molecule has 27 heavy (non-hydrogen) atoms. The Morgan fingerprint density at radius 3 is 1.07 bits per heavy atom. The van der Waals surface area contributed by atoms with E-state index in [1.807, 2.05) is 48.6 Å². The molecule has 0 aliphatic heterocycles. The van der Waals surface area contributed by atoms with Crippen LogP contribution in [0.15, 0.2) is 0 Å². The van der Waals surface area contributed by atoms with Crippen LogP contribution in [0.4, 0.5) is 0 Å². The molecule has 0 aliphatic rings. The number of nitrogens with one attached hydrogen (secondary N) is 1. The molecule has 3 N–H and O–H groups in total. The molecular formula is C25H64N2. The molecule has 0 spiro atoms. The van der Waals surface area contributed by atoms with E-state index in [2.05, 4.69) is 53.8 Å². The highest BCUT2D eigenvalue weighted by atomic mass is 14.9. The molecule has 174 valence electrons. The summed E-state index contributed by atoms with van der Waals surface area (Å²) >= 11 is 0. The van der Waals surface area contributed by atoms with Crippen LogP contribution in [0.1, 0.15) is 141 Å². The largest absolute Gasteiger partial charge is 0.328 e. The maximum atomic E-state index is 5.58. The molecule has 0 fully saturated rings. The van der Waals surface area contributed by atoms with Gasteiger partial charge in [-0.05, 0) is 38.6 Å². The summed E-state index contributed by atoms with van der Waals surface area (Å²) in [4.78, 5) is 0. The van der Waals surface area contributed by atoms with Gasteiger partial charge in [-0.15, -0.1) is 0 Å². The summed E-state index contributed by atoms with van der Waals surface area (Å²) in [5, 5.41) is 3.25. The van der Waals surface area contributed by atoms with Crippen LogP contribution in [-0.4, -0.2) is 19.1 Å². The van der Waals surface area contributed by atoms with E-state index < -0.39 is 0 Å². The first-order valence-electron chi connectivity index (χ1n) is 12.4. The molecule has 0 aromatic rings. The van der Waals surface area contributed by atoms with Gasteiger partial charge in [0, 0.05) is 12.1 Å². The van der Waals surface area contributed by atoms with Gasteiger partial charge in [-0.2, -0.15) is 0 Å². The van der Waals surface area contributed by atoms with E-state index >= 15 is 0 Å². The summed E-state index contributed by atoms with van der Waals surface area (Å²) in [6.07, 6.45) is 10.0. The molecule has 2 heteroatoms. The van der Waals surface area contributed by atoms with E-state index in [0.29, 0.717) is 6.04 Å². The third-order valence-electron chi connectivity index (χ3n) is 4.12. The summed E-state index contributed by atoms with van der Waals surface area (Å²) in [5.74, 6) is 0.935. The van der Waals surface area contributed by atoms with Crippen molar-refractivity contribution in [3.8, 4) is 0 Å². The Kier molecular flexibility index (Phi) is 76.7. The van der Waals surface area contributed by atoms with Gasteiger partial charge in [0.25, 0.3) is 0 Å². The molecule has 0 aromatic heterocycles. The van der Waals surface area contributed by atoms with E-state index in [1.54, 1.807) is 0 Å². The summed E-state index contributed by atoms with van der Waals surface area (Å²) in [5.41, 5.74) is 5.58. The van der Waals surface area contributed by atoms with Crippen LogP contribution in [0.2, 0.25) is 0 Å². The second-order valence-electron chi connectivity index (χ2n) is 6.06. The van der Waals surface area contributed by atoms with Crippen LogP contribution >= 0.6 is 0 Å². The van der Waals surface area contributed by atoms with Crippen LogP contribution in [-0.2, 0) is 0 Å². The van der Waals surface area contributed by atoms with Crippen molar-refractivity contribution in [3.63, 3.8) is 0 Å². The van der Waals surface area contributed by atoms with Gasteiger partial charge < -0.3 is 11.1 Å². The Hall–Kier alpha value is -0.0800. The van der Waals surface area contributed by atoms with Gasteiger partial charge in [0.05, 0.1) is 0 Å². The fourth-order valence-electron chi connectivity index (χ4n) is 1.76. The minimum Gasteiger partial charge on any atom is -0.328 e. The van der Waals surface area contributed by atoms with E-state index in [1.165, 1.54) is 44.9 Å². The highest BCUT2D eigenvalue weighted by Gasteiger charge is 1.97. The molecule has 0 heterocycles. The molecule has 2 atom stereocenters. The quantitative estimate of drug-likeness (QED) is 0.411. The van der Waals surface area contributed by atoms with E-state index in [-0.39, 0.29) is 0 Å². The lowest BCUT2D eigenvalue weighted by atomic mass is 10.1. The second-order valence-corrected chi connectivity index (χ2v) is 6.06. The van der Waals surface area contributed by atoms with Crippen molar-refractivity contribution in [2.75, 3.05) is 7.05 Å². The Bertz CT molecular complexity index is 152. The van der Waals surface area contributed by atoms with Crippen molar-refractivity contribution in [2.24, 2.45) is 11.7 Å². The van der Waals surface area contributed by atoms with Crippen molar-refractivity contribution < 1.29 is 0 Å². The first-order valence-corrected chi connectivity index (χ1v) is 12.4. The highest BCUT2D eigenvalue weighted by Crippen LogP contribution is 2.02. The van der Waals surface area contributed by atoms with Crippen LogP contribution < -0.4 is 11.1 Å². The lowest BCUT2D eigenvalue weighted by Gasteiger charge is -2.10. The van der Waals surface area contributed by atoms with Crippen molar-refractivity contribution >= 4 is 0 Å². The van der Waals surface area contributed by atoms with Crippen LogP contribution in [0.5, 0.6) is 0 Å². The number of rotatable bonds is 9. The maximum Gasteiger partial charge on any atom is 0.00613 e. The standard InChI is InChI=1S/C7H17N.C6H15N.C6H14.3C2H6/c1-4-6-7(5-2)8-3;1-3-5-6(7)4-2;1-4-6(3)5-2;3*1-2/h7-8H,4-6H2,1-3H3;6H,3-5,7H2,1-2H3;6H,4-5H2,1-3H3;3*1-2H3. The fourth-order valence-corrected chi connectivity index (χ4v) is 1.76. The summed E-state index contributed by atoms with van der Waals surface area (Å²) < 4.78 is 0. The minimum absolute atomic E-state index is 0.449. The SMILES string of the molecule is CC.CC.CC.CCC(C)CC.CCCC(CC)NC.CCCC(N)CC. The van der Waals surface area contributed by atoms with Crippen molar-refractivity contribution in [2.45, 2.75) is 153 Å². The van der Waals surface area contributed by atoms with Gasteiger partial charge in [0.15, 0.2) is 0 Å². The monoisotopic (exact) mass is 393 g/mol. The molecule has 0 radical (unpaired) electrons. The summed E-state index contributed by atoms with van der Waals surface area (Å²) in [7, 11) is 2.03. The smallest absolute Gasteiger partial charge is 0.00613 e. The zero-order valence-electron chi connectivity index (χ0n) is 22.5. The first kappa shape index (κ1) is 41.3. The van der Waals surface area contributed by atoms with E-state index in [4.69, 9.17) is 5.73 Å². The van der Waals surface area contributed by atoms with Crippen LogP contribution in [0, 0.1) is 5.92 Å². The summed E-state index contributed by atoms with van der Waals surface area (Å²) in [6, 6.07) is 1.20. The number of nitrogens with two attached hydrogens (primary N) is 1. The lowest BCUT2D eigenvalue weighted by molar-refractivity contribution is 0.503. The lowest BCUT2D eigenvalue weighted by Crippen LogP contribution is -2.23. The molecule has 0 saturated carbocycles. The van der Waals surface area contributed by atoms with Crippen molar-refractivity contribution in [1.82, 2.24) is 5.32 Å². The first-order chi connectivity index (χ1) is 13.0. The molecule has 0 aromatic carbocycles. The molecule has 0 aliphatic carbocycles. The van der Waals surface area contributed by atoms with Crippen molar-refractivity contribution in [1.29, 1.82) is 0 Å². The van der Waals surface area contributed by atoms with Gasteiger partial charge in [-0.3, -0.25) is 0 Å². The number of hydrogen-bond acceptors (Lipinski definition) is 2. The number of hydrogen-bond donors (Lipinski definition) is 2.